The van der Waals surface area contributed by atoms with Crippen LogP contribution in [0.1, 0.15) is 12.8 Å². The molecule has 1 aliphatic rings. The molecule has 0 spiro atoms. The summed E-state index contributed by atoms with van der Waals surface area (Å²) < 4.78 is 0. The van der Waals surface area contributed by atoms with E-state index in [1.54, 1.807) is 0 Å². The summed E-state index contributed by atoms with van der Waals surface area (Å²) in [5.41, 5.74) is 1.88. The van der Waals surface area contributed by atoms with Crippen LogP contribution in [0, 0.1) is 12.3 Å². The van der Waals surface area contributed by atoms with E-state index in [1.807, 2.05) is 5.48 Å². The fourth-order valence-electron chi connectivity index (χ4n) is 1.11. The molecule has 0 atom stereocenters. The Balaban J connectivity index is 2.12. The average Bonchev–Trinajstić information content (AvgIpc) is 3.10. The smallest absolute Gasteiger partial charge is 0.253 e. The van der Waals surface area contributed by atoms with Crippen molar-refractivity contribution in [2.24, 2.45) is 0 Å². The summed E-state index contributed by atoms with van der Waals surface area (Å²) in [6, 6.07) is 0.425. The number of nitrogens with one attached hydrogen (secondary N) is 3. The summed E-state index contributed by atoms with van der Waals surface area (Å²) in [6.07, 6.45) is 7.33. The Morgan fingerprint density at radius 2 is 1.94 bits per heavy atom. The highest BCUT2D eigenvalue weighted by Gasteiger charge is 2.22. The molecule has 0 aliphatic heterocycles. The Morgan fingerprint density at radius 3 is 2.56 bits per heavy atom. The summed E-state index contributed by atoms with van der Waals surface area (Å²) in [4.78, 5) is 11.9. The van der Waals surface area contributed by atoms with Gasteiger partial charge in [0, 0.05) is 6.04 Å². The minimum absolute atomic E-state index is 0.0812. The van der Waals surface area contributed by atoms with Crippen LogP contribution in [0.3, 0.4) is 0 Å². The number of rotatable bonds is 5. The zero-order valence-electron chi connectivity index (χ0n) is 8.56. The number of hydrogen-bond acceptors (Lipinski definition) is 7. The van der Waals surface area contributed by atoms with E-state index in [0.717, 1.165) is 12.8 Å². The van der Waals surface area contributed by atoms with E-state index in [-0.39, 0.29) is 5.95 Å². The Hall–Kier alpha value is -2.07. The molecule has 0 saturated heterocycles. The van der Waals surface area contributed by atoms with Gasteiger partial charge in [-0.15, -0.1) is 6.42 Å². The first-order chi connectivity index (χ1) is 7.81. The molecule has 1 heterocycles. The van der Waals surface area contributed by atoms with Gasteiger partial charge in [0.25, 0.3) is 5.95 Å². The van der Waals surface area contributed by atoms with E-state index < -0.39 is 0 Å². The molecule has 1 aromatic heterocycles. The lowest BCUT2D eigenvalue weighted by molar-refractivity contribution is 0.382. The van der Waals surface area contributed by atoms with Crippen molar-refractivity contribution in [3.8, 4) is 12.3 Å². The molecule has 1 saturated carbocycles. The van der Waals surface area contributed by atoms with Gasteiger partial charge in [-0.3, -0.25) is 5.21 Å². The lowest BCUT2D eigenvalue weighted by Gasteiger charge is -2.07. The van der Waals surface area contributed by atoms with Crippen LogP contribution in [0.15, 0.2) is 0 Å². The van der Waals surface area contributed by atoms with Gasteiger partial charge in [-0.2, -0.15) is 15.0 Å². The van der Waals surface area contributed by atoms with Crippen LogP contribution in [0.5, 0.6) is 0 Å². The average molecular weight is 220 g/mol. The van der Waals surface area contributed by atoms with Crippen LogP contribution in [0.2, 0.25) is 0 Å². The maximum Gasteiger partial charge on any atom is 0.253 e. The third-order valence-electron chi connectivity index (χ3n) is 1.99. The Morgan fingerprint density at radius 1 is 1.25 bits per heavy atom. The predicted molar refractivity (Wildman–Crippen MR) is 59.2 cm³/mol. The molecular weight excluding hydrogens is 208 g/mol. The van der Waals surface area contributed by atoms with E-state index in [4.69, 9.17) is 11.6 Å². The minimum atomic E-state index is 0.0812. The minimum Gasteiger partial charge on any atom is -0.351 e. The van der Waals surface area contributed by atoms with Crippen LogP contribution < -0.4 is 16.1 Å². The fraction of sp³-hybridized carbons (Fsp3) is 0.444. The molecule has 16 heavy (non-hydrogen) atoms. The highest BCUT2D eigenvalue weighted by molar-refractivity contribution is 5.42. The maximum atomic E-state index is 8.76. The van der Waals surface area contributed by atoms with Gasteiger partial charge in [-0.25, -0.2) is 5.48 Å². The van der Waals surface area contributed by atoms with E-state index >= 15 is 0 Å². The molecule has 0 aromatic carbocycles. The van der Waals surface area contributed by atoms with Gasteiger partial charge in [-0.05, 0) is 12.8 Å². The van der Waals surface area contributed by atoms with Gasteiger partial charge in [0.2, 0.25) is 11.9 Å². The number of terminal acetylenes is 1. The van der Waals surface area contributed by atoms with Gasteiger partial charge in [0.15, 0.2) is 0 Å². The molecule has 0 unspecified atom stereocenters. The first-order valence-corrected chi connectivity index (χ1v) is 4.92. The van der Waals surface area contributed by atoms with Crippen LogP contribution in [-0.4, -0.2) is 32.7 Å². The Kier molecular flexibility index (Phi) is 3.03. The molecule has 7 heteroatoms. The lowest BCUT2D eigenvalue weighted by Crippen LogP contribution is -2.12. The van der Waals surface area contributed by atoms with Crippen LogP contribution >= 0.6 is 0 Å². The van der Waals surface area contributed by atoms with Gasteiger partial charge in [0.05, 0.1) is 6.54 Å². The second-order valence-electron chi connectivity index (χ2n) is 3.39. The van der Waals surface area contributed by atoms with Crippen molar-refractivity contribution in [1.29, 1.82) is 0 Å². The van der Waals surface area contributed by atoms with Crippen molar-refractivity contribution in [3.05, 3.63) is 0 Å². The summed E-state index contributed by atoms with van der Waals surface area (Å²) in [7, 11) is 0. The largest absolute Gasteiger partial charge is 0.351 e. The SMILES string of the molecule is C#CCNc1nc(NO)nc(NC2CC2)n1. The van der Waals surface area contributed by atoms with Crippen molar-refractivity contribution in [3.63, 3.8) is 0 Å². The maximum absolute atomic E-state index is 8.76. The molecule has 1 aromatic rings. The zero-order valence-corrected chi connectivity index (χ0v) is 8.56. The van der Waals surface area contributed by atoms with Crippen molar-refractivity contribution in [2.75, 3.05) is 22.7 Å². The van der Waals surface area contributed by atoms with Crippen LogP contribution in [0.25, 0.3) is 0 Å². The molecule has 7 nitrogen and oxygen atoms in total. The first kappa shape index (κ1) is 10.4. The highest BCUT2D eigenvalue weighted by atomic mass is 16.5. The molecular formula is C9H12N6O. The van der Waals surface area contributed by atoms with Gasteiger partial charge in [-0.1, -0.05) is 5.92 Å². The Bertz CT molecular complexity index is 411. The summed E-state index contributed by atoms with van der Waals surface area (Å²) in [5.74, 6) is 3.24. The van der Waals surface area contributed by atoms with Crippen LogP contribution in [-0.2, 0) is 0 Å². The third kappa shape index (κ3) is 2.71. The molecule has 0 bridgehead atoms. The number of aromatic nitrogens is 3. The van der Waals surface area contributed by atoms with Gasteiger partial charge >= 0.3 is 0 Å². The summed E-state index contributed by atoms with van der Waals surface area (Å²) >= 11 is 0. The number of hydrogen-bond donors (Lipinski definition) is 4. The second kappa shape index (κ2) is 4.63. The van der Waals surface area contributed by atoms with Crippen molar-refractivity contribution < 1.29 is 5.21 Å². The highest BCUT2D eigenvalue weighted by Crippen LogP contribution is 2.23. The summed E-state index contributed by atoms with van der Waals surface area (Å²) in [6.45, 7) is 0.317. The van der Waals surface area contributed by atoms with Gasteiger partial charge < -0.3 is 10.6 Å². The van der Waals surface area contributed by atoms with E-state index in [1.165, 1.54) is 0 Å². The third-order valence-corrected chi connectivity index (χ3v) is 1.99. The number of anilines is 3. The quantitative estimate of drug-likeness (QED) is 0.418. The zero-order chi connectivity index (χ0) is 11.4. The van der Waals surface area contributed by atoms with E-state index in [9.17, 15) is 0 Å². The lowest BCUT2D eigenvalue weighted by atomic mass is 10.6. The first-order valence-electron chi connectivity index (χ1n) is 4.92. The second-order valence-corrected chi connectivity index (χ2v) is 3.39. The van der Waals surface area contributed by atoms with Gasteiger partial charge in [0.1, 0.15) is 0 Å². The molecule has 0 radical (unpaired) electrons. The van der Waals surface area contributed by atoms with Crippen molar-refractivity contribution >= 4 is 17.8 Å². The molecule has 0 amide bonds. The fourth-order valence-corrected chi connectivity index (χ4v) is 1.11. The normalized spacial score (nSPS) is 14.0. The van der Waals surface area contributed by atoms with E-state index in [0.29, 0.717) is 24.5 Å². The monoisotopic (exact) mass is 220 g/mol. The summed E-state index contributed by atoms with van der Waals surface area (Å²) in [5, 5.41) is 14.7. The topological polar surface area (TPSA) is 95.0 Å². The molecule has 1 fully saturated rings. The van der Waals surface area contributed by atoms with Crippen molar-refractivity contribution in [2.45, 2.75) is 18.9 Å². The van der Waals surface area contributed by atoms with Crippen molar-refractivity contribution in [1.82, 2.24) is 15.0 Å². The Labute approximate surface area is 92.7 Å². The molecule has 1 aliphatic carbocycles. The van der Waals surface area contributed by atoms with E-state index in [2.05, 4.69) is 31.5 Å². The molecule has 2 rings (SSSR count). The van der Waals surface area contributed by atoms with Crippen LogP contribution in [0.4, 0.5) is 17.8 Å². The predicted octanol–water partition coefficient (Wildman–Crippen LogP) is 0.292. The molecule has 4 N–H and O–H groups in total. The molecule has 84 valence electrons. The number of nitrogens with zero attached hydrogens (tertiary/aromatic N) is 3. The standard InChI is InChI=1S/C9H12N6O/c1-2-5-10-7-12-8(11-6-3-4-6)14-9(13-7)15-16/h1,6,16H,3-5H2,(H3,10,11,12,13,14,15).